The molecule has 0 aromatic heterocycles. The lowest BCUT2D eigenvalue weighted by Crippen LogP contribution is -1.77. The van der Waals surface area contributed by atoms with Gasteiger partial charge in [0, 0.05) is 0 Å². The first-order chi connectivity index (χ1) is 3.84. The molecule has 0 aromatic rings. The highest BCUT2D eigenvalue weighted by Gasteiger charge is 2.31. The van der Waals surface area contributed by atoms with Gasteiger partial charge in [-0.3, -0.25) is 0 Å². The molecule has 8 heavy (non-hydrogen) atoms. The summed E-state index contributed by atoms with van der Waals surface area (Å²) >= 11 is 0. The van der Waals surface area contributed by atoms with Crippen molar-refractivity contribution >= 4 is 0 Å². The molecule has 1 fully saturated rings. The van der Waals surface area contributed by atoms with Gasteiger partial charge < -0.3 is 0 Å². The van der Waals surface area contributed by atoms with Crippen LogP contribution in [0.4, 0.5) is 0 Å². The minimum absolute atomic E-state index is 0.821. The molecule has 1 rings (SSSR count). The highest BCUT2D eigenvalue weighted by molar-refractivity contribution is 4.87. The van der Waals surface area contributed by atoms with E-state index in [4.69, 9.17) is 0 Å². The van der Waals surface area contributed by atoms with Crippen molar-refractivity contribution in [3.63, 3.8) is 0 Å². The van der Waals surface area contributed by atoms with Crippen molar-refractivity contribution in [1.82, 2.24) is 0 Å². The quantitative estimate of drug-likeness (QED) is 0.525. The maximum absolute atomic E-state index is 3.98. The Kier molecular flexibility index (Phi) is 1.93. The van der Waals surface area contributed by atoms with Gasteiger partial charge in [0.1, 0.15) is 0 Å². The van der Waals surface area contributed by atoms with Gasteiger partial charge >= 0.3 is 0 Å². The van der Waals surface area contributed by atoms with E-state index in [1.54, 1.807) is 0 Å². The summed E-state index contributed by atoms with van der Waals surface area (Å²) in [5, 5.41) is 0. The normalized spacial score (nSPS) is 35.2. The maximum Gasteiger partial charge on any atom is -0.0383 e. The van der Waals surface area contributed by atoms with Crippen molar-refractivity contribution in [2.75, 3.05) is 0 Å². The first-order valence-electron chi connectivity index (χ1n) is 3.67. The van der Waals surface area contributed by atoms with E-state index in [0.717, 1.165) is 11.8 Å². The van der Waals surface area contributed by atoms with Crippen LogP contribution in [-0.4, -0.2) is 0 Å². The summed E-state index contributed by atoms with van der Waals surface area (Å²) < 4.78 is 0. The molecule has 0 heterocycles. The average molecular weight is 111 g/mol. The minimum atomic E-state index is 0.821. The second kappa shape index (κ2) is 2.52. The molecular weight excluding hydrogens is 96.1 g/mol. The average Bonchev–Trinajstić information content (AvgIpc) is 2.42. The molecule has 0 amide bonds. The molecule has 0 saturated heterocycles. The van der Waals surface area contributed by atoms with E-state index >= 15 is 0 Å². The van der Waals surface area contributed by atoms with Gasteiger partial charge in [-0.25, -0.2) is 0 Å². The monoisotopic (exact) mass is 111 g/mol. The lowest BCUT2D eigenvalue weighted by Gasteiger charge is -1.91. The molecule has 0 aliphatic heterocycles. The Hall–Kier alpha value is 0. The fourth-order valence-electron chi connectivity index (χ4n) is 1.13. The smallest absolute Gasteiger partial charge is 0.0383 e. The summed E-state index contributed by atoms with van der Waals surface area (Å²) in [6, 6.07) is 0. The number of rotatable bonds is 3. The van der Waals surface area contributed by atoms with Gasteiger partial charge in [0.25, 0.3) is 0 Å². The Balaban J connectivity index is 1.89. The maximum atomic E-state index is 3.98. The van der Waals surface area contributed by atoms with Crippen molar-refractivity contribution < 1.29 is 0 Å². The molecule has 1 aliphatic carbocycles. The fourth-order valence-corrected chi connectivity index (χ4v) is 1.13. The second-order valence-electron chi connectivity index (χ2n) is 2.90. The molecule has 1 aliphatic rings. The van der Waals surface area contributed by atoms with E-state index in [2.05, 4.69) is 13.8 Å². The van der Waals surface area contributed by atoms with Crippen molar-refractivity contribution in [3.05, 3.63) is 6.92 Å². The van der Waals surface area contributed by atoms with Gasteiger partial charge in [-0.1, -0.05) is 26.2 Å². The molecular formula is C8H15. The van der Waals surface area contributed by atoms with Crippen molar-refractivity contribution in [2.45, 2.75) is 32.6 Å². The third-order valence-corrected chi connectivity index (χ3v) is 2.00. The summed E-state index contributed by atoms with van der Waals surface area (Å²) in [5.41, 5.74) is 0. The zero-order valence-electron chi connectivity index (χ0n) is 5.69. The molecule has 0 spiro atoms. The first-order valence-corrected chi connectivity index (χ1v) is 3.67. The van der Waals surface area contributed by atoms with E-state index in [0.29, 0.717) is 0 Å². The highest BCUT2D eigenvalue weighted by atomic mass is 14.4. The fraction of sp³-hybridized carbons (Fsp3) is 0.875. The molecule has 0 heteroatoms. The van der Waals surface area contributed by atoms with Crippen LogP contribution in [0.1, 0.15) is 32.6 Å². The Bertz CT molecular complexity index is 66.4. The Morgan fingerprint density at radius 1 is 1.62 bits per heavy atom. The van der Waals surface area contributed by atoms with Gasteiger partial charge in [0.15, 0.2) is 0 Å². The van der Waals surface area contributed by atoms with E-state index in [9.17, 15) is 0 Å². The first kappa shape index (κ1) is 6.12. The third-order valence-electron chi connectivity index (χ3n) is 2.00. The minimum Gasteiger partial charge on any atom is -0.0654 e. The molecule has 2 unspecified atom stereocenters. The topological polar surface area (TPSA) is 0 Å². The predicted octanol–water partition coefficient (Wildman–Crippen LogP) is 2.65. The molecule has 1 radical (unpaired) electrons. The van der Waals surface area contributed by atoms with Gasteiger partial charge in [-0.05, 0) is 25.2 Å². The molecule has 0 N–H and O–H groups in total. The Morgan fingerprint density at radius 2 is 2.25 bits per heavy atom. The van der Waals surface area contributed by atoms with Gasteiger partial charge in [0.05, 0.1) is 0 Å². The molecule has 0 nitrogen and oxygen atoms in total. The van der Waals surface area contributed by atoms with Gasteiger partial charge in [-0.15, -0.1) is 0 Å². The highest BCUT2D eigenvalue weighted by Crippen LogP contribution is 2.40. The van der Waals surface area contributed by atoms with E-state index in [1.165, 1.54) is 25.7 Å². The van der Waals surface area contributed by atoms with Gasteiger partial charge in [0.2, 0.25) is 0 Å². The van der Waals surface area contributed by atoms with Gasteiger partial charge in [-0.2, -0.15) is 0 Å². The van der Waals surface area contributed by atoms with Crippen molar-refractivity contribution in [2.24, 2.45) is 11.8 Å². The predicted molar refractivity (Wildman–Crippen MR) is 36.5 cm³/mol. The van der Waals surface area contributed by atoms with Crippen LogP contribution in [0.2, 0.25) is 0 Å². The van der Waals surface area contributed by atoms with Crippen LogP contribution in [0.25, 0.3) is 0 Å². The summed E-state index contributed by atoms with van der Waals surface area (Å²) in [7, 11) is 0. The lowest BCUT2D eigenvalue weighted by molar-refractivity contribution is 0.633. The SMILES string of the molecule is [CH2]C1CC1CCCC. The van der Waals surface area contributed by atoms with Crippen LogP contribution in [-0.2, 0) is 0 Å². The zero-order valence-corrected chi connectivity index (χ0v) is 5.69. The largest absolute Gasteiger partial charge is 0.0654 e. The molecule has 2 atom stereocenters. The zero-order chi connectivity index (χ0) is 5.98. The van der Waals surface area contributed by atoms with Crippen LogP contribution in [0.15, 0.2) is 0 Å². The second-order valence-corrected chi connectivity index (χ2v) is 2.90. The standard InChI is InChI=1S/C8H15/c1-3-4-5-8-6-7(8)2/h7-8H,2-6H2,1H3. The summed E-state index contributed by atoms with van der Waals surface area (Å²) in [6.45, 7) is 6.23. The third kappa shape index (κ3) is 1.50. The van der Waals surface area contributed by atoms with Crippen LogP contribution >= 0.6 is 0 Å². The van der Waals surface area contributed by atoms with E-state index < -0.39 is 0 Å². The molecule has 47 valence electrons. The number of hydrogen-bond acceptors (Lipinski definition) is 0. The summed E-state index contributed by atoms with van der Waals surface area (Å²) in [4.78, 5) is 0. The number of unbranched alkanes of at least 4 members (excludes halogenated alkanes) is 1. The molecule has 0 aromatic carbocycles. The summed E-state index contributed by atoms with van der Waals surface area (Å²) in [6.07, 6.45) is 5.60. The molecule has 0 bridgehead atoms. The van der Waals surface area contributed by atoms with Crippen molar-refractivity contribution in [3.8, 4) is 0 Å². The van der Waals surface area contributed by atoms with Crippen molar-refractivity contribution in [1.29, 1.82) is 0 Å². The van der Waals surface area contributed by atoms with Crippen LogP contribution in [0, 0.1) is 18.8 Å². The summed E-state index contributed by atoms with van der Waals surface area (Å²) in [5.74, 6) is 1.83. The van der Waals surface area contributed by atoms with E-state index in [-0.39, 0.29) is 0 Å². The van der Waals surface area contributed by atoms with Crippen LogP contribution in [0.5, 0.6) is 0 Å². The number of hydrogen-bond donors (Lipinski definition) is 0. The Labute approximate surface area is 52.3 Å². The lowest BCUT2D eigenvalue weighted by atomic mass is 10.2. The van der Waals surface area contributed by atoms with Crippen LogP contribution < -0.4 is 0 Å². The van der Waals surface area contributed by atoms with Crippen LogP contribution in [0.3, 0.4) is 0 Å². The Morgan fingerprint density at radius 3 is 2.62 bits per heavy atom. The van der Waals surface area contributed by atoms with E-state index in [1.807, 2.05) is 0 Å². The molecule has 1 saturated carbocycles.